The van der Waals surface area contributed by atoms with Crippen LogP contribution in [0.4, 0.5) is 14.5 Å². The van der Waals surface area contributed by atoms with Crippen LogP contribution in [-0.2, 0) is 9.59 Å². The summed E-state index contributed by atoms with van der Waals surface area (Å²) in [5.74, 6) is -3.00. The monoisotopic (exact) mass is 299 g/mol. The molecule has 5 nitrogen and oxygen atoms in total. The van der Waals surface area contributed by atoms with Gasteiger partial charge >= 0.3 is 0 Å². The van der Waals surface area contributed by atoms with Gasteiger partial charge in [-0.25, -0.2) is 8.78 Å². The van der Waals surface area contributed by atoms with Gasteiger partial charge in [-0.3, -0.25) is 9.59 Å². The van der Waals surface area contributed by atoms with Gasteiger partial charge in [0, 0.05) is 6.54 Å². The van der Waals surface area contributed by atoms with Crippen LogP contribution in [-0.4, -0.2) is 43.9 Å². The summed E-state index contributed by atoms with van der Waals surface area (Å²) in [6.45, 7) is 1.26. The Morgan fingerprint density at radius 2 is 1.76 bits per heavy atom. The average Bonchev–Trinajstić information content (AvgIpc) is 2.39. The third-order valence-electron chi connectivity index (χ3n) is 2.65. The number of nitrogens with zero attached hydrogens (tertiary/aromatic N) is 1. The van der Waals surface area contributed by atoms with Crippen molar-refractivity contribution in [2.75, 3.05) is 32.5 Å². The van der Waals surface area contributed by atoms with Gasteiger partial charge in [0.1, 0.15) is 23.7 Å². The van der Waals surface area contributed by atoms with Crippen molar-refractivity contribution < 1.29 is 18.4 Å². The van der Waals surface area contributed by atoms with E-state index in [0.717, 1.165) is 25.1 Å². The maximum Gasteiger partial charge on any atom is 0.233 e. The van der Waals surface area contributed by atoms with Crippen molar-refractivity contribution in [2.24, 2.45) is 0 Å². The van der Waals surface area contributed by atoms with Gasteiger partial charge in [-0.05, 0) is 39.2 Å². The van der Waals surface area contributed by atoms with E-state index in [0.29, 0.717) is 6.54 Å². The van der Waals surface area contributed by atoms with Gasteiger partial charge in [0.15, 0.2) is 0 Å². The second-order valence-electron chi connectivity index (χ2n) is 4.83. The molecule has 0 radical (unpaired) electrons. The molecule has 0 aromatic heterocycles. The van der Waals surface area contributed by atoms with E-state index in [1.54, 1.807) is 0 Å². The molecular formula is C14H19F2N3O2. The van der Waals surface area contributed by atoms with Crippen LogP contribution in [0, 0.1) is 11.6 Å². The van der Waals surface area contributed by atoms with E-state index in [-0.39, 0.29) is 0 Å². The normalized spacial score (nSPS) is 10.5. The Bertz CT molecular complexity index is 487. The smallest absolute Gasteiger partial charge is 0.233 e. The lowest BCUT2D eigenvalue weighted by Gasteiger charge is -2.10. The molecule has 0 spiro atoms. The zero-order valence-electron chi connectivity index (χ0n) is 12.1. The number of nitrogens with one attached hydrogen (secondary N) is 2. The Hall–Kier alpha value is -2.02. The zero-order valence-corrected chi connectivity index (χ0v) is 12.1. The van der Waals surface area contributed by atoms with Crippen LogP contribution in [0.25, 0.3) is 0 Å². The summed E-state index contributed by atoms with van der Waals surface area (Å²) in [6.07, 6.45) is 0.276. The lowest BCUT2D eigenvalue weighted by atomic mass is 10.2. The zero-order chi connectivity index (χ0) is 15.8. The Kier molecular flexibility index (Phi) is 6.74. The molecule has 7 heteroatoms. The maximum absolute atomic E-state index is 13.3. The van der Waals surface area contributed by atoms with Gasteiger partial charge in [-0.15, -0.1) is 0 Å². The highest BCUT2D eigenvalue weighted by atomic mass is 19.1. The van der Waals surface area contributed by atoms with E-state index in [1.807, 2.05) is 19.0 Å². The molecule has 0 aliphatic carbocycles. The highest BCUT2D eigenvalue weighted by Gasteiger charge is 2.14. The van der Waals surface area contributed by atoms with Crippen LogP contribution in [0.1, 0.15) is 12.8 Å². The van der Waals surface area contributed by atoms with Gasteiger partial charge in [-0.2, -0.15) is 0 Å². The first-order chi connectivity index (χ1) is 9.90. The molecule has 0 saturated heterocycles. The quantitative estimate of drug-likeness (QED) is 0.590. The first-order valence-corrected chi connectivity index (χ1v) is 6.55. The summed E-state index contributed by atoms with van der Waals surface area (Å²) in [5, 5.41) is 4.63. The number of carbonyl (C=O) groups excluding carboxylic acids is 2. The minimum absolute atomic E-state index is 0.443. The summed E-state index contributed by atoms with van der Waals surface area (Å²) >= 11 is 0. The lowest BCUT2D eigenvalue weighted by Crippen LogP contribution is -2.30. The number of amides is 2. The summed E-state index contributed by atoms with van der Waals surface area (Å²) in [6, 6.07) is 3.25. The molecule has 116 valence electrons. The Labute approximate surface area is 122 Å². The Morgan fingerprint density at radius 3 is 2.33 bits per heavy atom. The minimum atomic E-state index is -0.880. The third-order valence-corrected chi connectivity index (χ3v) is 2.65. The molecule has 1 aromatic rings. The predicted molar refractivity (Wildman–Crippen MR) is 75.8 cm³/mol. The van der Waals surface area contributed by atoms with Gasteiger partial charge < -0.3 is 15.5 Å². The molecule has 1 rings (SSSR count). The third kappa shape index (κ3) is 6.31. The van der Waals surface area contributed by atoms with E-state index in [4.69, 9.17) is 0 Å². The van der Waals surface area contributed by atoms with Crippen LogP contribution in [0.3, 0.4) is 0 Å². The van der Waals surface area contributed by atoms with Gasteiger partial charge in [0.05, 0.1) is 0 Å². The van der Waals surface area contributed by atoms with Crippen LogP contribution in [0.15, 0.2) is 18.2 Å². The number of para-hydroxylation sites is 1. The average molecular weight is 299 g/mol. The Morgan fingerprint density at radius 1 is 1.14 bits per heavy atom. The number of carbonyl (C=O) groups is 2. The second-order valence-corrected chi connectivity index (χ2v) is 4.83. The first kappa shape index (κ1) is 17.0. The van der Waals surface area contributed by atoms with Crippen molar-refractivity contribution in [3.8, 4) is 0 Å². The van der Waals surface area contributed by atoms with Crippen molar-refractivity contribution in [3.63, 3.8) is 0 Å². The van der Waals surface area contributed by atoms with Gasteiger partial charge in [0.2, 0.25) is 11.8 Å². The van der Waals surface area contributed by atoms with Crippen LogP contribution in [0.2, 0.25) is 0 Å². The van der Waals surface area contributed by atoms with Crippen molar-refractivity contribution in [2.45, 2.75) is 12.8 Å². The number of hydrogen-bond donors (Lipinski definition) is 2. The van der Waals surface area contributed by atoms with E-state index in [1.165, 1.54) is 6.07 Å². The van der Waals surface area contributed by atoms with E-state index >= 15 is 0 Å². The van der Waals surface area contributed by atoms with E-state index < -0.39 is 35.6 Å². The minimum Gasteiger partial charge on any atom is -0.356 e. The van der Waals surface area contributed by atoms with E-state index in [2.05, 4.69) is 10.6 Å². The fraction of sp³-hybridized carbons (Fsp3) is 0.429. The number of halogens is 2. The number of benzene rings is 1. The molecule has 1 aromatic carbocycles. The maximum atomic E-state index is 13.3. The van der Waals surface area contributed by atoms with Gasteiger partial charge in [0.25, 0.3) is 0 Å². The van der Waals surface area contributed by atoms with Crippen molar-refractivity contribution >= 4 is 17.5 Å². The molecule has 2 amide bonds. The highest BCUT2D eigenvalue weighted by Crippen LogP contribution is 2.17. The molecule has 0 aliphatic heterocycles. The molecule has 0 heterocycles. The van der Waals surface area contributed by atoms with E-state index in [9.17, 15) is 18.4 Å². The molecule has 0 aliphatic rings. The van der Waals surface area contributed by atoms with Crippen LogP contribution in [0.5, 0.6) is 0 Å². The largest absolute Gasteiger partial charge is 0.356 e. The molecule has 2 N–H and O–H groups in total. The van der Waals surface area contributed by atoms with Crippen molar-refractivity contribution in [1.82, 2.24) is 10.2 Å². The summed E-state index contributed by atoms with van der Waals surface area (Å²) in [5.41, 5.74) is -0.539. The number of hydrogen-bond acceptors (Lipinski definition) is 3. The predicted octanol–water partition coefficient (Wildman–Crippen LogP) is 1.36. The lowest BCUT2D eigenvalue weighted by molar-refractivity contribution is -0.126. The topological polar surface area (TPSA) is 61.4 Å². The SMILES string of the molecule is CN(C)CCCNC(=O)CC(=O)Nc1c(F)cccc1F. The Balaban J connectivity index is 2.38. The summed E-state index contributed by atoms with van der Waals surface area (Å²) in [7, 11) is 3.83. The molecule has 0 unspecified atom stereocenters. The summed E-state index contributed by atoms with van der Waals surface area (Å²) < 4.78 is 26.6. The van der Waals surface area contributed by atoms with Crippen molar-refractivity contribution in [3.05, 3.63) is 29.8 Å². The number of rotatable bonds is 7. The highest BCUT2D eigenvalue weighted by molar-refractivity contribution is 6.03. The van der Waals surface area contributed by atoms with Crippen molar-refractivity contribution in [1.29, 1.82) is 0 Å². The first-order valence-electron chi connectivity index (χ1n) is 6.55. The molecular weight excluding hydrogens is 280 g/mol. The summed E-state index contributed by atoms with van der Waals surface area (Å²) in [4.78, 5) is 25.0. The number of anilines is 1. The fourth-order valence-electron chi connectivity index (χ4n) is 1.63. The molecule has 0 saturated carbocycles. The molecule has 0 bridgehead atoms. The van der Waals surface area contributed by atoms with Gasteiger partial charge in [-0.1, -0.05) is 6.07 Å². The molecule has 0 fully saturated rings. The van der Waals surface area contributed by atoms with Crippen LogP contribution < -0.4 is 10.6 Å². The fourth-order valence-corrected chi connectivity index (χ4v) is 1.63. The second kappa shape index (κ2) is 8.31. The standard InChI is InChI=1S/C14H19F2N3O2/c1-19(2)8-4-7-17-12(20)9-13(21)18-14-10(15)5-3-6-11(14)16/h3,5-6H,4,7-9H2,1-2H3,(H,17,20)(H,18,21). The van der Waals surface area contributed by atoms with Crippen LogP contribution >= 0.6 is 0 Å². The molecule has 21 heavy (non-hydrogen) atoms. The molecule has 0 atom stereocenters.